The van der Waals surface area contributed by atoms with Crippen molar-refractivity contribution in [3.63, 3.8) is 0 Å². The molecule has 0 aliphatic heterocycles. The first-order chi connectivity index (χ1) is 13.6. The summed E-state index contributed by atoms with van der Waals surface area (Å²) in [6.07, 6.45) is 4.87. The van der Waals surface area contributed by atoms with Crippen LogP contribution in [0.2, 0.25) is 0 Å². The molecule has 2 N–H and O–H groups in total. The van der Waals surface area contributed by atoms with Gasteiger partial charge in [-0.25, -0.2) is 9.97 Å². The minimum absolute atomic E-state index is 0.264. The quantitative estimate of drug-likeness (QED) is 0.630. The maximum absolute atomic E-state index is 12.4. The highest BCUT2D eigenvalue weighted by Gasteiger charge is 2.11. The number of carbonyl (C=O) groups is 1. The molecule has 0 saturated carbocycles. The number of hydrogen-bond donors (Lipinski definition) is 2. The van der Waals surface area contributed by atoms with E-state index >= 15 is 0 Å². The third-order valence-electron chi connectivity index (χ3n) is 4.50. The van der Waals surface area contributed by atoms with Crippen LogP contribution in [-0.4, -0.2) is 23.0 Å². The summed E-state index contributed by atoms with van der Waals surface area (Å²) in [5.74, 6) is 0.937. The van der Waals surface area contributed by atoms with Crippen LogP contribution in [0.25, 0.3) is 0 Å². The average molecular weight is 376 g/mol. The van der Waals surface area contributed by atoms with Crippen LogP contribution in [0.3, 0.4) is 0 Å². The second kappa shape index (κ2) is 8.99. The van der Waals surface area contributed by atoms with E-state index in [1.165, 1.54) is 23.5 Å². The maximum atomic E-state index is 12.4. The molecule has 1 amide bonds. The topological polar surface area (TPSA) is 76.1 Å². The van der Waals surface area contributed by atoms with Crippen molar-refractivity contribution in [3.05, 3.63) is 71.5 Å². The summed E-state index contributed by atoms with van der Waals surface area (Å²) < 4.78 is 5.11. The number of para-hydroxylation sites is 1. The smallest absolute Gasteiger partial charge is 0.258 e. The molecule has 1 aromatic heterocycles. The van der Waals surface area contributed by atoms with Crippen LogP contribution in [0.4, 0.5) is 17.3 Å². The van der Waals surface area contributed by atoms with Crippen molar-refractivity contribution in [3.8, 4) is 5.75 Å². The first-order valence-corrected chi connectivity index (χ1v) is 9.29. The van der Waals surface area contributed by atoms with Gasteiger partial charge in [-0.15, -0.1) is 0 Å². The van der Waals surface area contributed by atoms with E-state index in [1.54, 1.807) is 31.4 Å². The molecule has 0 unspecified atom stereocenters. The van der Waals surface area contributed by atoms with Crippen molar-refractivity contribution in [1.29, 1.82) is 0 Å². The molecule has 0 bridgehead atoms. The van der Waals surface area contributed by atoms with Gasteiger partial charge in [0.15, 0.2) is 0 Å². The van der Waals surface area contributed by atoms with Gasteiger partial charge in [-0.1, -0.05) is 32.0 Å². The minimum atomic E-state index is -0.264. The molecule has 2 aromatic carbocycles. The first-order valence-electron chi connectivity index (χ1n) is 9.29. The van der Waals surface area contributed by atoms with Gasteiger partial charge in [-0.3, -0.25) is 4.79 Å². The Bertz CT molecular complexity index is 916. The van der Waals surface area contributed by atoms with E-state index in [-0.39, 0.29) is 5.91 Å². The Morgan fingerprint density at radius 3 is 2.11 bits per heavy atom. The zero-order valence-corrected chi connectivity index (χ0v) is 16.3. The molecule has 1 heterocycles. The van der Waals surface area contributed by atoms with E-state index in [9.17, 15) is 4.79 Å². The molecular formula is C22H24N4O2. The van der Waals surface area contributed by atoms with Crippen LogP contribution < -0.4 is 15.4 Å². The number of aromatic nitrogens is 2. The number of nitrogens with zero attached hydrogens (tertiary/aromatic N) is 2. The molecule has 3 rings (SSSR count). The van der Waals surface area contributed by atoms with Crippen LogP contribution in [0, 0.1) is 0 Å². The molecule has 28 heavy (non-hydrogen) atoms. The molecule has 0 saturated heterocycles. The van der Waals surface area contributed by atoms with Gasteiger partial charge in [-0.05, 0) is 48.2 Å². The number of aryl methyl sites for hydroxylation is 2. The van der Waals surface area contributed by atoms with E-state index in [4.69, 9.17) is 4.74 Å². The lowest BCUT2D eigenvalue weighted by molar-refractivity contribution is 0.102. The van der Waals surface area contributed by atoms with Crippen LogP contribution >= 0.6 is 0 Å². The van der Waals surface area contributed by atoms with Gasteiger partial charge in [-0.2, -0.15) is 0 Å². The number of hydrogen-bond acceptors (Lipinski definition) is 5. The third-order valence-corrected chi connectivity index (χ3v) is 4.50. The van der Waals surface area contributed by atoms with E-state index < -0.39 is 0 Å². The molecule has 0 spiro atoms. The summed E-state index contributed by atoms with van der Waals surface area (Å²) in [5, 5.41) is 6.12. The summed E-state index contributed by atoms with van der Waals surface area (Å²) in [6, 6.07) is 13.4. The summed E-state index contributed by atoms with van der Waals surface area (Å²) in [5.41, 5.74) is 4.54. The van der Waals surface area contributed by atoms with Gasteiger partial charge < -0.3 is 15.4 Å². The predicted octanol–water partition coefficient (Wildman–Crippen LogP) is 4.61. The first kappa shape index (κ1) is 19.4. The molecule has 0 atom stereocenters. The van der Waals surface area contributed by atoms with Gasteiger partial charge in [0.05, 0.1) is 12.7 Å². The lowest BCUT2D eigenvalue weighted by atomic mass is 10.0. The molecule has 6 heteroatoms. The van der Waals surface area contributed by atoms with Crippen molar-refractivity contribution in [2.24, 2.45) is 0 Å². The number of nitrogens with one attached hydrogen (secondary N) is 2. The van der Waals surface area contributed by atoms with E-state index in [0.29, 0.717) is 17.2 Å². The second-order valence-electron chi connectivity index (χ2n) is 6.26. The zero-order valence-electron chi connectivity index (χ0n) is 16.3. The molecule has 0 radical (unpaired) electrons. The van der Waals surface area contributed by atoms with E-state index in [2.05, 4.69) is 52.6 Å². The molecule has 0 fully saturated rings. The highest BCUT2D eigenvalue weighted by molar-refractivity contribution is 6.03. The van der Waals surface area contributed by atoms with Crippen molar-refractivity contribution in [1.82, 2.24) is 9.97 Å². The van der Waals surface area contributed by atoms with Crippen molar-refractivity contribution < 1.29 is 9.53 Å². The number of methoxy groups -OCH3 is 1. The van der Waals surface area contributed by atoms with Gasteiger partial charge in [0.25, 0.3) is 5.91 Å². The normalized spacial score (nSPS) is 10.4. The van der Waals surface area contributed by atoms with Gasteiger partial charge >= 0.3 is 0 Å². The van der Waals surface area contributed by atoms with Crippen molar-refractivity contribution >= 4 is 23.2 Å². The number of rotatable bonds is 7. The summed E-state index contributed by atoms with van der Waals surface area (Å²) in [7, 11) is 1.60. The Hall–Kier alpha value is -3.41. The van der Waals surface area contributed by atoms with Gasteiger partial charge in [0, 0.05) is 23.8 Å². The Morgan fingerprint density at radius 1 is 0.964 bits per heavy atom. The molecule has 6 nitrogen and oxygen atoms in total. The summed E-state index contributed by atoms with van der Waals surface area (Å²) >= 11 is 0. The van der Waals surface area contributed by atoms with E-state index in [1.807, 2.05) is 0 Å². The minimum Gasteiger partial charge on any atom is -0.497 e. The Balaban J connectivity index is 1.72. The number of carbonyl (C=O) groups excluding carboxylic acids is 1. The highest BCUT2D eigenvalue weighted by Crippen LogP contribution is 2.25. The lowest BCUT2D eigenvalue weighted by Crippen LogP contribution is -2.13. The Labute approximate surface area is 165 Å². The largest absolute Gasteiger partial charge is 0.497 e. The number of amides is 1. The van der Waals surface area contributed by atoms with Gasteiger partial charge in [0.1, 0.15) is 5.75 Å². The number of ether oxygens (including phenoxy) is 1. The summed E-state index contributed by atoms with van der Waals surface area (Å²) in [6.45, 7) is 4.24. The average Bonchev–Trinajstić information content (AvgIpc) is 2.75. The van der Waals surface area contributed by atoms with Crippen LogP contribution in [0.5, 0.6) is 5.75 Å². The van der Waals surface area contributed by atoms with Crippen molar-refractivity contribution in [2.75, 3.05) is 17.7 Å². The van der Waals surface area contributed by atoms with Crippen LogP contribution in [0.1, 0.15) is 35.3 Å². The molecule has 144 valence electrons. The fourth-order valence-corrected chi connectivity index (χ4v) is 2.90. The number of benzene rings is 2. The second-order valence-corrected chi connectivity index (χ2v) is 6.26. The predicted molar refractivity (Wildman–Crippen MR) is 111 cm³/mol. The van der Waals surface area contributed by atoms with E-state index in [0.717, 1.165) is 24.3 Å². The zero-order chi connectivity index (χ0) is 19.9. The fourth-order valence-electron chi connectivity index (χ4n) is 2.90. The highest BCUT2D eigenvalue weighted by atomic mass is 16.5. The molecular weight excluding hydrogens is 352 g/mol. The molecule has 0 aliphatic rings. The maximum Gasteiger partial charge on any atom is 0.258 e. The lowest BCUT2D eigenvalue weighted by Gasteiger charge is -2.14. The fraction of sp³-hybridized carbons (Fsp3) is 0.227. The SMILES string of the molecule is CCc1cccc(CC)c1Nc1ncc(C(=O)Nc2ccc(OC)cc2)cn1. The Morgan fingerprint density at radius 2 is 1.57 bits per heavy atom. The van der Waals surface area contributed by atoms with Gasteiger partial charge in [0.2, 0.25) is 5.95 Å². The third kappa shape index (κ3) is 4.46. The molecule has 0 aliphatic carbocycles. The standard InChI is InChI=1S/C22H24N4O2/c1-4-15-7-6-8-16(5-2)20(15)26-22-23-13-17(14-24-22)21(27)25-18-9-11-19(28-3)12-10-18/h6-14H,4-5H2,1-3H3,(H,25,27)(H,23,24,26). The Kier molecular flexibility index (Phi) is 6.22. The summed E-state index contributed by atoms with van der Waals surface area (Å²) in [4.78, 5) is 21.0. The van der Waals surface area contributed by atoms with Crippen LogP contribution in [0.15, 0.2) is 54.9 Å². The monoisotopic (exact) mass is 376 g/mol. The number of anilines is 3. The molecule has 3 aromatic rings. The van der Waals surface area contributed by atoms with Crippen LogP contribution in [-0.2, 0) is 12.8 Å². The van der Waals surface area contributed by atoms with Crippen molar-refractivity contribution in [2.45, 2.75) is 26.7 Å².